The molecule has 0 bridgehead atoms. The second-order valence-electron chi connectivity index (χ2n) is 4.19. The van der Waals surface area contributed by atoms with Gasteiger partial charge in [0.2, 0.25) is 0 Å². The fourth-order valence-electron chi connectivity index (χ4n) is 1.75. The number of carbonyl (C=O) groups is 1. The van der Waals surface area contributed by atoms with E-state index in [9.17, 15) is 4.79 Å². The quantitative estimate of drug-likeness (QED) is 0.756. The van der Waals surface area contributed by atoms with Crippen molar-refractivity contribution in [1.82, 2.24) is 9.55 Å². The molecule has 94 valence electrons. The van der Waals surface area contributed by atoms with Gasteiger partial charge >= 0.3 is 0 Å². The first-order chi connectivity index (χ1) is 8.70. The van der Waals surface area contributed by atoms with Crippen molar-refractivity contribution in [3.05, 3.63) is 47.5 Å². The third-order valence-electron chi connectivity index (χ3n) is 2.89. The van der Waals surface area contributed by atoms with Crippen molar-refractivity contribution >= 4 is 6.29 Å². The molecule has 0 aliphatic rings. The number of rotatable bonds is 5. The monoisotopic (exact) mass is 244 g/mol. The Labute approximate surface area is 106 Å². The maximum Gasteiger partial charge on any atom is 0.130 e. The molecular formula is C14H16N2O2. The summed E-state index contributed by atoms with van der Waals surface area (Å²) in [7, 11) is 1.95. The summed E-state index contributed by atoms with van der Waals surface area (Å²) in [4.78, 5) is 14.6. The molecule has 0 aliphatic carbocycles. The van der Waals surface area contributed by atoms with Crippen LogP contribution in [0, 0.1) is 6.92 Å². The third kappa shape index (κ3) is 2.77. The number of ether oxygens (including phenoxy) is 1. The lowest BCUT2D eigenvalue weighted by atomic mass is 10.2. The average molecular weight is 244 g/mol. The van der Waals surface area contributed by atoms with Gasteiger partial charge in [-0.3, -0.25) is 0 Å². The topological polar surface area (TPSA) is 44.1 Å². The standard InChI is InChI=1S/C14H16N2O2/c1-11-14(16(2)10-15-11)9-18-13-5-3-12(4-6-13)7-8-17/h3-6,8,10H,7,9H2,1-2H3. The fourth-order valence-corrected chi connectivity index (χ4v) is 1.75. The molecule has 1 aromatic heterocycles. The predicted molar refractivity (Wildman–Crippen MR) is 68.5 cm³/mol. The van der Waals surface area contributed by atoms with E-state index < -0.39 is 0 Å². The first kappa shape index (κ1) is 12.4. The molecule has 0 saturated carbocycles. The third-order valence-corrected chi connectivity index (χ3v) is 2.89. The van der Waals surface area contributed by atoms with Crippen LogP contribution in [-0.4, -0.2) is 15.8 Å². The number of aromatic nitrogens is 2. The molecule has 18 heavy (non-hydrogen) atoms. The molecule has 4 heteroatoms. The maximum atomic E-state index is 10.4. The molecule has 4 nitrogen and oxygen atoms in total. The number of hydrogen-bond acceptors (Lipinski definition) is 3. The summed E-state index contributed by atoms with van der Waals surface area (Å²) in [5.74, 6) is 0.797. The zero-order valence-corrected chi connectivity index (χ0v) is 10.6. The van der Waals surface area contributed by atoms with Crippen LogP contribution in [0.25, 0.3) is 0 Å². The highest BCUT2D eigenvalue weighted by Crippen LogP contribution is 2.15. The zero-order chi connectivity index (χ0) is 13.0. The summed E-state index contributed by atoms with van der Waals surface area (Å²) in [6.07, 6.45) is 3.12. The molecule has 0 radical (unpaired) electrons. The lowest BCUT2D eigenvalue weighted by Gasteiger charge is -2.08. The van der Waals surface area contributed by atoms with Crippen LogP contribution in [0.15, 0.2) is 30.6 Å². The van der Waals surface area contributed by atoms with E-state index >= 15 is 0 Å². The molecule has 0 aliphatic heterocycles. The number of nitrogens with zero attached hydrogens (tertiary/aromatic N) is 2. The number of imidazole rings is 1. The number of carbonyl (C=O) groups excluding carboxylic acids is 1. The van der Waals surface area contributed by atoms with Crippen LogP contribution >= 0.6 is 0 Å². The van der Waals surface area contributed by atoms with Crippen molar-refractivity contribution in [2.75, 3.05) is 0 Å². The van der Waals surface area contributed by atoms with Crippen molar-refractivity contribution < 1.29 is 9.53 Å². The molecule has 1 heterocycles. The number of benzene rings is 1. The van der Waals surface area contributed by atoms with E-state index in [1.54, 1.807) is 6.33 Å². The van der Waals surface area contributed by atoms with Gasteiger partial charge in [0.25, 0.3) is 0 Å². The Kier molecular flexibility index (Phi) is 3.77. The van der Waals surface area contributed by atoms with Gasteiger partial charge < -0.3 is 14.1 Å². The molecular weight excluding hydrogens is 228 g/mol. The zero-order valence-electron chi connectivity index (χ0n) is 10.6. The largest absolute Gasteiger partial charge is 0.487 e. The van der Waals surface area contributed by atoms with Gasteiger partial charge in [-0.25, -0.2) is 4.98 Å². The Hall–Kier alpha value is -2.10. The van der Waals surface area contributed by atoms with Crippen molar-refractivity contribution in [2.45, 2.75) is 20.0 Å². The molecule has 2 rings (SSSR count). The van der Waals surface area contributed by atoms with Gasteiger partial charge in [-0.2, -0.15) is 0 Å². The second-order valence-corrected chi connectivity index (χ2v) is 4.19. The van der Waals surface area contributed by atoms with Gasteiger partial charge in [-0.05, 0) is 24.6 Å². The van der Waals surface area contributed by atoms with Crippen LogP contribution in [0.2, 0.25) is 0 Å². The van der Waals surface area contributed by atoms with E-state index in [1.807, 2.05) is 42.8 Å². The molecule has 0 atom stereocenters. The van der Waals surface area contributed by atoms with E-state index in [-0.39, 0.29) is 0 Å². The Bertz CT molecular complexity index is 510. The van der Waals surface area contributed by atoms with Crippen molar-refractivity contribution in [2.24, 2.45) is 7.05 Å². The van der Waals surface area contributed by atoms with Crippen LogP contribution < -0.4 is 4.74 Å². The molecule has 1 aromatic carbocycles. The van der Waals surface area contributed by atoms with E-state index in [0.717, 1.165) is 29.0 Å². The predicted octanol–water partition coefficient (Wildman–Crippen LogP) is 2.05. The minimum atomic E-state index is 0.446. The Morgan fingerprint density at radius 1 is 1.33 bits per heavy atom. The van der Waals surface area contributed by atoms with Gasteiger partial charge in [0.1, 0.15) is 18.6 Å². The van der Waals surface area contributed by atoms with Crippen LogP contribution in [0.3, 0.4) is 0 Å². The SMILES string of the molecule is Cc1ncn(C)c1COc1ccc(CC=O)cc1. The minimum absolute atomic E-state index is 0.446. The molecule has 2 aromatic rings. The van der Waals surface area contributed by atoms with E-state index in [0.29, 0.717) is 13.0 Å². The highest BCUT2D eigenvalue weighted by molar-refractivity contribution is 5.55. The second kappa shape index (κ2) is 5.49. The summed E-state index contributed by atoms with van der Waals surface area (Å²) < 4.78 is 7.65. The molecule has 0 saturated heterocycles. The average Bonchev–Trinajstić information content (AvgIpc) is 2.69. The highest BCUT2D eigenvalue weighted by Gasteiger charge is 2.05. The molecule has 0 N–H and O–H groups in total. The maximum absolute atomic E-state index is 10.4. The first-order valence-corrected chi connectivity index (χ1v) is 5.83. The Morgan fingerprint density at radius 3 is 2.61 bits per heavy atom. The Morgan fingerprint density at radius 2 is 2.06 bits per heavy atom. The van der Waals surface area contributed by atoms with Crippen LogP contribution in [0.4, 0.5) is 0 Å². The first-order valence-electron chi connectivity index (χ1n) is 5.83. The Balaban J connectivity index is 2.00. The van der Waals surface area contributed by atoms with Gasteiger partial charge in [-0.15, -0.1) is 0 Å². The normalized spacial score (nSPS) is 10.3. The summed E-state index contributed by atoms with van der Waals surface area (Å²) in [5, 5.41) is 0. The lowest BCUT2D eigenvalue weighted by molar-refractivity contribution is -0.107. The van der Waals surface area contributed by atoms with Crippen LogP contribution in [0.5, 0.6) is 5.75 Å². The number of aldehydes is 1. The van der Waals surface area contributed by atoms with E-state index in [1.165, 1.54) is 0 Å². The van der Waals surface area contributed by atoms with Crippen molar-refractivity contribution in [1.29, 1.82) is 0 Å². The van der Waals surface area contributed by atoms with Crippen LogP contribution in [-0.2, 0) is 24.9 Å². The summed E-state index contributed by atoms with van der Waals surface area (Å²) in [5.41, 5.74) is 3.04. The minimum Gasteiger partial charge on any atom is -0.487 e. The molecule has 0 fully saturated rings. The van der Waals surface area contributed by atoms with Crippen LogP contribution in [0.1, 0.15) is 17.0 Å². The molecule has 0 amide bonds. The van der Waals surface area contributed by atoms with Crippen molar-refractivity contribution in [3.63, 3.8) is 0 Å². The summed E-state index contributed by atoms with van der Waals surface area (Å²) in [6, 6.07) is 7.56. The van der Waals surface area contributed by atoms with Crippen molar-refractivity contribution in [3.8, 4) is 5.75 Å². The van der Waals surface area contributed by atoms with Gasteiger partial charge in [-0.1, -0.05) is 12.1 Å². The number of hydrogen-bond donors (Lipinski definition) is 0. The smallest absolute Gasteiger partial charge is 0.130 e. The van der Waals surface area contributed by atoms with E-state index in [4.69, 9.17) is 4.74 Å². The molecule has 0 spiro atoms. The molecule has 0 unspecified atom stereocenters. The van der Waals surface area contributed by atoms with Gasteiger partial charge in [0.15, 0.2) is 0 Å². The van der Waals surface area contributed by atoms with Gasteiger partial charge in [0.05, 0.1) is 17.7 Å². The summed E-state index contributed by atoms with van der Waals surface area (Å²) >= 11 is 0. The summed E-state index contributed by atoms with van der Waals surface area (Å²) in [6.45, 7) is 2.46. The van der Waals surface area contributed by atoms with Gasteiger partial charge in [0, 0.05) is 13.5 Å². The fraction of sp³-hybridized carbons (Fsp3) is 0.286. The number of aryl methyl sites for hydroxylation is 2. The highest BCUT2D eigenvalue weighted by atomic mass is 16.5. The lowest BCUT2D eigenvalue weighted by Crippen LogP contribution is -2.03. The van der Waals surface area contributed by atoms with E-state index in [2.05, 4.69) is 4.98 Å².